The maximum absolute atomic E-state index is 10.6. The van der Waals surface area contributed by atoms with Gasteiger partial charge in [-0.05, 0) is 49.0 Å². The Morgan fingerprint density at radius 2 is 1.93 bits per heavy atom. The first-order valence-electron chi connectivity index (χ1n) is 5.05. The van der Waals surface area contributed by atoms with Crippen molar-refractivity contribution < 1.29 is 9.90 Å². The normalized spacial score (nSPS) is 10.2. The third-order valence-corrected chi connectivity index (χ3v) is 2.96. The predicted octanol–water partition coefficient (Wildman–Crippen LogP) is 3.07. The van der Waals surface area contributed by atoms with Gasteiger partial charge in [-0.1, -0.05) is 12.1 Å². The molecule has 0 spiro atoms. The highest BCUT2D eigenvalue weighted by Crippen LogP contribution is 2.09. The molecule has 0 aromatic heterocycles. The van der Waals surface area contributed by atoms with Crippen LogP contribution in [0.2, 0.25) is 0 Å². The molecule has 0 amide bonds. The number of aryl methyl sites for hydroxylation is 1. The average molecular weight is 224 g/mol. The van der Waals surface area contributed by atoms with Crippen LogP contribution in [0.4, 0.5) is 0 Å². The Hall–Kier alpha value is -0.960. The van der Waals surface area contributed by atoms with Crippen molar-refractivity contribution in [2.24, 2.45) is 0 Å². The van der Waals surface area contributed by atoms with Gasteiger partial charge in [0.25, 0.3) is 0 Å². The Labute approximate surface area is 94.7 Å². The van der Waals surface area contributed by atoms with E-state index in [2.05, 4.69) is 6.26 Å². The molecule has 0 radical (unpaired) electrons. The molecular weight excluding hydrogens is 208 g/mol. The first-order valence-corrected chi connectivity index (χ1v) is 6.44. The van der Waals surface area contributed by atoms with Crippen LogP contribution in [0.25, 0.3) is 0 Å². The van der Waals surface area contributed by atoms with E-state index in [-0.39, 0.29) is 0 Å². The van der Waals surface area contributed by atoms with Crippen LogP contribution in [0, 0.1) is 0 Å². The summed E-state index contributed by atoms with van der Waals surface area (Å²) >= 11 is 1.87. The molecule has 0 saturated carbocycles. The summed E-state index contributed by atoms with van der Waals surface area (Å²) in [7, 11) is 0. The van der Waals surface area contributed by atoms with Crippen molar-refractivity contribution in [3.8, 4) is 0 Å². The summed E-state index contributed by atoms with van der Waals surface area (Å²) in [5.41, 5.74) is 1.59. The molecular formula is C12H16O2S. The lowest BCUT2D eigenvalue weighted by molar-refractivity contribution is 0.0697. The number of thioether (sulfide) groups is 1. The standard InChI is InChI=1S/C12H16O2S/c1-15-9-3-2-4-10-5-7-11(8-6-10)12(13)14/h5-8H,2-4,9H2,1H3,(H,13,14). The van der Waals surface area contributed by atoms with E-state index in [9.17, 15) is 4.79 Å². The number of hydrogen-bond acceptors (Lipinski definition) is 2. The third kappa shape index (κ3) is 4.38. The van der Waals surface area contributed by atoms with Gasteiger partial charge in [0.2, 0.25) is 0 Å². The molecule has 0 aliphatic carbocycles. The monoisotopic (exact) mass is 224 g/mol. The van der Waals surface area contributed by atoms with Crippen molar-refractivity contribution in [1.82, 2.24) is 0 Å². The fourth-order valence-corrected chi connectivity index (χ4v) is 1.88. The number of carboxylic acids is 1. The van der Waals surface area contributed by atoms with Gasteiger partial charge in [0.1, 0.15) is 0 Å². The van der Waals surface area contributed by atoms with Crippen molar-refractivity contribution in [1.29, 1.82) is 0 Å². The molecule has 0 fully saturated rings. The summed E-state index contributed by atoms with van der Waals surface area (Å²) in [5, 5.41) is 8.72. The molecule has 1 N–H and O–H groups in total. The number of hydrogen-bond donors (Lipinski definition) is 1. The molecule has 0 aliphatic rings. The summed E-state index contributed by atoms with van der Waals surface area (Å²) in [6.07, 6.45) is 5.55. The summed E-state index contributed by atoms with van der Waals surface area (Å²) in [6, 6.07) is 7.16. The smallest absolute Gasteiger partial charge is 0.335 e. The van der Waals surface area contributed by atoms with Gasteiger partial charge in [0, 0.05) is 0 Å². The summed E-state index contributed by atoms with van der Waals surface area (Å²) in [6.45, 7) is 0. The van der Waals surface area contributed by atoms with Gasteiger partial charge in [0.05, 0.1) is 5.56 Å². The van der Waals surface area contributed by atoms with E-state index >= 15 is 0 Å². The Kier molecular flexibility index (Phi) is 5.26. The van der Waals surface area contributed by atoms with Crippen LogP contribution in [0.15, 0.2) is 24.3 Å². The second kappa shape index (κ2) is 6.51. The summed E-state index contributed by atoms with van der Waals surface area (Å²) in [5.74, 6) is 0.344. The number of unbranched alkanes of at least 4 members (excludes halogenated alkanes) is 1. The van der Waals surface area contributed by atoms with E-state index in [0.717, 1.165) is 6.42 Å². The molecule has 1 rings (SSSR count). The molecule has 0 unspecified atom stereocenters. The van der Waals surface area contributed by atoms with Crippen molar-refractivity contribution in [2.75, 3.05) is 12.0 Å². The van der Waals surface area contributed by atoms with Crippen LogP contribution in [-0.4, -0.2) is 23.1 Å². The quantitative estimate of drug-likeness (QED) is 0.754. The molecule has 0 heterocycles. The van der Waals surface area contributed by atoms with Gasteiger partial charge in [-0.15, -0.1) is 0 Å². The van der Waals surface area contributed by atoms with E-state index in [0.29, 0.717) is 5.56 Å². The van der Waals surface area contributed by atoms with E-state index in [1.807, 2.05) is 23.9 Å². The average Bonchev–Trinajstić information content (AvgIpc) is 2.25. The highest BCUT2D eigenvalue weighted by atomic mass is 32.2. The number of carbonyl (C=O) groups is 1. The molecule has 1 aromatic carbocycles. The Balaban J connectivity index is 2.39. The minimum Gasteiger partial charge on any atom is -0.478 e. The zero-order valence-corrected chi connectivity index (χ0v) is 9.72. The number of aromatic carboxylic acids is 1. The molecule has 0 bridgehead atoms. The van der Waals surface area contributed by atoms with Crippen molar-refractivity contribution >= 4 is 17.7 Å². The van der Waals surface area contributed by atoms with Gasteiger partial charge in [-0.3, -0.25) is 0 Å². The lowest BCUT2D eigenvalue weighted by atomic mass is 10.1. The SMILES string of the molecule is CSCCCCc1ccc(C(=O)O)cc1. The highest BCUT2D eigenvalue weighted by molar-refractivity contribution is 7.98. The van der Waals surface area contributed by atoms with Crippen LogP contribution in [0.1, 0.15) is 28.8 Å². The molecule has 15 heavy (non-hydrogen) atoms. The van der Waals surface area contributed by atoms with E-state index in [1.165, 1.54) is 24.2 Å². The second-order valence-corrected chi connectivity index (χ2v) is 4.44. The van der Waals surface area contributed by atoms with Crippen molar-refractivity contribution in [2.45, 2.75) is 19.3 Å². The van der Waals surface area contributed by atoms with Gasteiger partial charge in [0.15, 0.2) is 0 Å². The Morgan fingerprint density at radius 3 is 2.47 bits per heavy atom. The minimum absolute atomic E-state index is 0.364. The maximum atomic E-state index is 10.6. The molecule has 0 atom stereocenters. The van der Waals surface area contributed by atoms with Crippen molar-refractivity contribution in [3.05, 3.63) is 35.4 Å². The molecule has 0 aliphatic heterocycles. The van der Waals surface area contributed by atoms with Gasteiger partial charge >= 0.3 is 5.97 Å². The van der Waals surface area contributed by atoms with Gasteiger partial charge in [-0.25, -0.2) is 4.79 Å². The summed E-state index contributed by atoms with van der Waals surface area (Å²) < 4.78 is 0. The molecule has 82 valence electrons. The lowest BCUT2D eigenvalue weighted by Gasteiger charge is -2.01. The zero-order chi connectivity index (χ0) is 11.1. The summed E-state index contributed by atoms with van der Waals surface area (Å²) in [4.78, 5) is 10.6. The van der Waals surface area contributed by atoms with Gasteiger partial charge in [-0.2, -0.15) is 11.8 Å². The van der Waals surface area contributed by atoms with E-state index < -0.39 is 5.97 Å². The largest absolute Gasteiger partial charge is 0.478 e. The van der Waals surface area contributed by atoms with Crippen LogP contribution in [0.5, 0.6) is 0 Å². The van der Waals surface area contributed by atoms with Crippen LogP contribution in [-0.2, 0) is 6.42 Å². The highest BCUT2D eigenvalue weighted by Gasteiger charge is 2.01. The number of benzene rings is 1. The fourth-order valence-electron chi connectivity index (χ4n) is 1.39. The third-order valence-electron chi connectivity index (χ3n) is 2.26. The Morgan fingerprint density at radius 1 is 1.27 bits per heavy atom. The van der Waals surface area contributed by atoms with Gasteiger partial charge < -0.3 is 5.11 Å². The van der Waals surface area contributed by atoms with E-state index in [1.54, 1.807) is 12.1 Å². The minimum atomic E-state index is -0.857. The zero-order valence-electron chi connectivity index (χ0n) is 8.90. The first-order chi connectivity index (χ1) is 7.24. The number of carboxylic acid groups (broad SMARTS) is 1. The van der Waals surface area contributed by atoms with E-state index in [4.69, 9.17) is 5.11 Å². The topological polar surface area (TPSA) is 37.3 Å². The van der Waals surface area contributed by atoms with Crippen LogP contribution < -0.4 is 0 Å². The van der Waals surface area contributed by atoms with Crippen molar-refractivity contribution in [3.63, 3.8) is 0 Å². The molecule has 3 heteroatoms. The Bertz CT molecular complexity index is 306. The molecule has 0 saturated heterocycles. The predicted molar refractivity (Wildman–Crippen MR) is 64.7 cm³/mol. The second-order valence-electron chi connectivity index (χ2n) is 3.45. The maximum Gasteiger partial charge on any atom is 0.335 e. The lowest BCUT2D eigenvalue weighted by Crippen LogP contribution is -1.96. The molecule has 1 aromatic rings. The molecule has 2 nitrogen and oxygen atoms in total. The fraction of sp³-hybridized carbons (Fsp3) is 0.417. The van der Waals surface area contributed by atoms with Crippen LogP contribution in [0.3, 0.4) is 0 Å². The van der Waals surface area contributed by atoms with Crippen LogP contribution >= 0.6 is 11.8 Å². The first kappa shape index (κ1) is 12.1. The number of rotatable bonds is 6.